The Labute approximate surface area is 161 Å². The fraction of sp³-hybridized carbons (Fsp3) is 0.619. The highest BCUT2D eigenvalue weighted by molar-refractivity contribution is 5.70. The third-order valence-corrected chi connectivity index (χ3v) is 5.07. The summed E-state index contributed by atoms with van der Waals surface area (Å²) in [6, 6.07) is 5.62. The topological polar surface area (TPSA) is 65.1 Å². The minimum Gasteiger partial charge on any atom is -0.493 e. The molecule has 27 heavy (non-hydrogen) atoms. The molecule has 0 saturated heterocycles. The van der Waals surface area contributed by atoms with Crippen LogP contribution in [-0.4, -0.2) is 50.2 Å². The molecule has 150 valence electrons. The van der Waals surface area contributed by atoms with Gasteiger partial charge in [0, 0.05) is 26.3 Å². The Balaban J connectivity index is 2.50. The van der Waals surface area contributed by atoms with Crippen LogP contribution in [0.15, 0.2) is 18.2 Å². The summed E-state index contributed by atoms with van der Waals surface area (Å²) in [5.74, 6) is 0.205. The van der Waals surface area contributed by atoms with Gasteiger partial charge < -0.3 is 19.1 Å². The van der Waals surface area contributed by atoms with E-state index in [0.717, 1.165) is 44.2 Å². The highest BCUT2D eigenvalue weighted by Gasteiger charge is 2.44. The average Bonchev–Trinajstić information content (AvgIpc) is 2.59. The van der Waals surface area contributed by atoms with Gasteiger partial charge in [-0.2, -0.15) is 0 Å². The molecule has 0 spiro atoms. The van der Waals surface area contributed by atoms with E-state index >= 15 is 0 Å². The van der Waals surface area contributed by atoms with E-state index in [1.165, 1.54) is 13.8 Å². The summed E-state index contributed by atoms with van der Waals surface area (Å²) in [6.45, 7) is 3.56. The first-order valence-corrected chi connectivity index (χ1v) is 9.48. The summed E-state index contributed by atoms with van der Waals surface area (Å²) in [7, 11) is 5.56. The predicted octanol–water partition coefficient (Wildman–Crippen LogP) is 3.53. The molecule has 0 bridgehead atoms. The van der Waals surface area contributed by atoms with Crippen molar-refractivity contribution in [2.45, 2.75) is 57.5 Å². The highest BCUT2D eigenvalue weighted by Crippen LogP contribution is 2.45. The third kappa shape index (κ3) is 5.45. The van der Waals surface area contributed by atoms with Crippen LogP contribution in [0.4, 0.5) is 0 Å². The lowest BCUT2D eigenvalue weighted by Crippen LogP contribution is -2.46. The Hall–Kier alpha value is -2.08. The van der Waals surface area contributed by atoms with Crippen LogP contribution >= 0.6 is 0 Å². The quantitative estimate of drug-likeness (QED) is 0.535. The first kappa shape index (κ1) is 21.2. The van der Waals surface area contributed by atoms with Crippen molar-refractivity contribution < 1.29 is 23.8 Å². The standard InChI is InChI=1S/C21H31NO5/c1-15(23)26-20-13-17(9-10-19(20)25-5)18(14-22(3)4)21(27-16(2)24)11-7-6-8-12-21/h9-10,13,18H,6-8,11-12,14H2,1-5H3. The zero-order chi connectivity index (χ0) is 20.0. The fourth-order valence-electron chi connectivity index (χ4n) is 4.04. The van der Waals surface area contributed by atoms with E-state index < -0.39 is 11.6 Å². The molecule has 2 rings (SSSR count). The number of hydrogen-bond acceptors (Lipinski definition) is 6. The molecule has 1 fully saturated rings. The van der Waals surface area contributed by atoms with E-state index in [1.54, 1.807) is 13.2 Å². The molecule has 0 aliphatic heterocycles. The maximum atomic E-state index is 11.9. The zero-order valence-corrected chi connectivity index (χ0v) is 17.0. The lowest BCUT2D eigenvalue weighted by atomic mass is 9.72. The van der Waals surface area contributed by atoms with Crippen LogP contribution in [0.5, 0.6) is 11.5 Å². The maximum Gasteiger partial charge on any atom is 0.308 e. The molecule has 6 nitrogen and oxygen atoms in total. The van der Waals surface area contributed by atoms with Crippen LogP contribution in [-0.2, 0) is 14.3 Å². The molecule has 0 radical (unpaired) electrons. The van der Waals surface area contributed by atoms with Gasteiger partial charge in [0.25, 0.3) is 0 Å². The second-order valence-corrected chi connectivity index (χ2v) is 7.54. The molecule has 1 aromatic rings. The minimum atomic E-state index is -0.545. The summed E-state index contributed by atoms with van der Waals surface area (Å²) >= 11 is 0. The molecule has 0 heterocycles. The maximum absolute atomic E-state index is 11.9. The lowest BCUT2D eigenvalue weighted by molar-refractivity contribution is -0.164. The van der Waals surface area contributed by atoms with E-state index in [2.05, 4.69) is 4.90 Å². The van der Waals surface area contributed by atoms with Crippen molar-refractivity contribution in [2.24, 2.45) is 0 Å². The van der Waals surface area contributed by atoms with Crippen molar-refractivity contribution in [3.05, 3.63) is 23.8 Å². The molecule has 0 N–H and O–H groups in total. The smallest absolute Gasteiger partial charge is 0.308 e. The van der Waals surface area contributed by atoms with E-state index in [4.69, 9.17) is 14.2 Å². The molecule has 1 aliphatic rings. The summed E-state index contributed by atoms with van der Waals surface area (Å²) in [5.41, 5.74) is 0.431. The van der Waals surface area contributed by atoms with Gasteiger partial charge in [-0.25, -0.2) is 0 Å². The van der Waals surface area contributed by atoms with Crippen LogP contribution in [0, 0.1) is 0 Å². The van der Waals surface area contributed by atoms with Gasteiger partial charge in [0.05, 0.1) is 7.11 Å². The molecular weight excluding hydrogens is 346 g/mol. The van der Waals surface area contributed by atoms with Gasteiger partial charge in [-0.15, -0.1) is 0 Å². The number of methoxy groups -OCH3 is 1. The van der Waals surface area contributed by atoms with Gasteiger partial charge in [-0.3, -0.25) is 9.59 Å². The number of benzene rings is 1. The van der Waals surface area contributed by atoms with Crippen molar-refractivity contribution in [3.8, 4) is 11.5 Å². The largest absolute Gasteiger partial charge is 0.493 e. The number of ether oxygens (including phenoxy) is 3. The first-order chi connectivity index (χ1) is 12.8. The molecule has 1 atom stereocenters. The van der Waals surface area contributed by atoms with E-state index in [1.807, 2.05) is 26.2 Å². The number of likely N-dealkylation sites (N-methyl/N-ethyl adjacent to an activating group) is 1. The molecule has 0 aromatic heterocycles. The Bertz CT molecular complexity index is 665. The highest BCUT2D eigenvalue weighted by atomic mass is 16.6. The lowest BCUT2D eigenvalue weighted by Gasteiger charge is -2.44. The first-order valence-electron chi connectivity index (χ1n) is 9.48. The SMILES string of the molecule is COc1ccc(C(CN(C)C)C2(OC(C)=O)CCCCC2)cc1OC(C)=O. The van der Waals surface area contributed by atoms with Crippen LogP contribution in [0.2, 0.25) is 0 Å². The van der Waals surface area contributed by atoms with Crippen molar-refractivity contribution in [3.63, 3.8) is 0 Å². The summed E-state index contributed by atoms with van der Waals surface area (Å²) < 4.78 is 16.6. The van der Waals surface area contributed by atoms with Crippen LogP contribution in [0.3, 0.4) is 0 Å². The molecular formula is C21H31NO5. The summed E-state index contributed by atoms with van der Waals surface area (Å²) in [5, 5.41) is 0. The predicted molar refractivity (Wildman–Crippen MR) is 103 cm³/mol. The molecule has 1 aromatic carbocycles. The zero-order valence-electron chi connectivity index (χ0n) is 17.0. The van der Waals surface area contributed by atoms with Crippen molar-refractivity contribution in [1.82, 2.24) is 4.90 Å². The number of carbonyl (C=O) groups is 2. The Morgan fingerprint density at radius 3 is 2.26 bits per heavy atom. The van der Waals surface area contributed by atoms with E-state index in [9.17, 15) is 9.59 Å². The normalized spacial score (nSPS) is 17.3. The summed E-state index contributed by atoms with van der Waals surface area (Å²) in [4.78, 5) is 25.5. The number of esters is 2. The monoisotopic (exact) mass is 377 g/mol. The molecule has 6 heteroatoms. The third-order valence-electron chi connectivity index (χ3n) is 5.07. The molecule has 1 unspecified atom stereocenters. The van der Waals surface area contributed by atoms with Gasteiger partial charge in [0.1, 0.15) is 5.60 Å². The van der Waals surface area contributed by atoms with Gasteiger partial charge in [-0.1, -0.05) is 12.5 Å². The van der Waals surface area contributed by atoms with Crippen molar-refractivity contribution >= 4 is 11.9 Å². The second kappa shape index (κ2) is 9.22. The average molecular weight is 377 g/mol. The number of rotatable bonds is 7. The number of hydrogen-bond donors (Lipinski definition) is 0. The van der Waals surface area contributed by atoms with Gasteiger partial charge in [-0.05, 0) is 57.5 Å². The van der Waals surface area contributed by atoms with Gasteiger partial charge in [0.2, 0.25) is 0 Å². The van der Waals surface area contributed by atoms with Gasteiger partial charge >= 0.3 is 11.9 Å². The van der Waals surface area contributed by atoms with E-state index in [0.29, 0.717) is 11.5 Å². The van der Waals surface area contributed by atoms with Crippen molar-refractivity contribution in [1.29, 1.82) is 0 Å². The molecule has 0 amide bonds. The number of carbonyl (C=O) groups excluding carboxylic acids is 2. The van der Waals surface area contributed by atoms with Crippen LogP contribution < -0.4 is 9.47 Å². The number of nitrogens with zero attached hydrogens (tertiary/aromatic N) is 1. The Kier molecular flexibility index (Phi) is 7.25. The van der Waals surface area contributed by atoms with Gasteiger partial charge in [0.15, 0.2) is 11.5 Å². The fourth-order valence-corrected chi connectivity index (χ4v) is 4.04. The Morgan fingerprint density at radius 2 is 1.74 bits per heavy atom. The molecule has 1 aliphatic carbocycles. The van der Waals surface area contributed by atoms with Crippen LogP contribution in [0.25, 0.3) is 0 Å². The van der Waals surface area contributed by atoms with E-state index in [-0.39, 0.29) is 11.9 Å². The second-order valence-electron chi connectivity index (χ2n) is 7.54. The minimum absolute atomic E-state index is 0.0306. The summed E-state index contributed by atoms with van der Waals surface area (Å²) in [6.07, 6.45) is 4.88. The molecule has 1 saturated carbocycles. The van der Waals surface area contributed by atoms with Crippen molar-refractivity contribution in [2.75, 3.05) is 27.7 Å². The van der Waals surface area contributed by atoms with Crippen LogP contribution in [0.1, 0.15) is 57.4 Å². The Morgan fingerprint density at radius 1 is 1.07 bits per heavy atom.